The highest BCUT2D eigenvalue weighted by Crippen LogP contribution is 2.29. The quantitative estimate of drug-likeness (QED) is 0.661. The van der Waals surface area contributed by atoms with Gasteiger partial charge in [0.2, 0.25) is 15.9 Å². The van der Waals surface area contributed by atoms with Gasteiger partial charge in [0.1, 0.15) is 17.2 Å². The van der Waals surface area contributed by atoms with Crippen molar-refractivity contribution in [2.24, 2.45) is 0 Å². The van der Waals surface area contributed by atoms with E-state index in [1.54, 1.807) is 30.3 Å². The molecule has 2 aromatic rings. The molecule has 0 heterocycles. The third-order valence-electron chi connectivity index (χ3n) is 3.84. The van der Waals surface area contributed by atoms with Crippen molar-refractivity contribution in [3.8, 4) is 17.2 Å². The van der Waals surface area contributed by atoms with E-state index in [0.29, 0.717) is 29.5 Å². The maximum Gasteiger partial charge on any atom is 0.242 e. The van der Waals surface area contributed by atoms with Gasteiger partial charge >= 0.3 is 0 Å². The maximum atomic E-state index is 12.5. The van der Waals surface area contributed by atoms with Crippen LogP contribution in [0.15, 0.2) is 47.4 Å². The second kappa shape index (κ2) is 9.43. The molecule has 0 saturated carbocycles. The van der Waals surface area contributed by atoms with Gasteiger partial charge in [-0.2, -0.15) is 4.72 Å². The first-order chi connectivity index (χ1) is 13.3. The molecule has 0 radical (unpaired) electrons. The molecule has 2 N–H and O–H groups in total. The van der Waals surface area contributed by atoms with E-state index in [4.69, 9.17) is 14.2 Å². The van der Waals surface area contributed by atoms with Gasteiger partial charge in [-0.3, -0.25) is 4.79 Å². The Bertz CT molecular complexity index is 913. The summed E-state index contributed by atoms with van der Waals surface area (Å²) in [5.74, 6) is 1.00. The number of sulfonamides is 1. The molecule has 9 heteroatoms. The minimum atomic E-state index is -3.87. The highest BCUT2D eigenvalue weighted by Gasteiger charge is 2.23. The van der Waals surface area contributed by atoms with Crippen molar-refractivity contribution in [1.82, 2.24) is 4.72 Å². The summed E-state index contributed by atoms with van der Waals surface area (Å²) in [6.45, 7) is 3.78. The van der Waals surface area contributed by atoms with Gasteiger partial charge in [0.05, 0.1) is 37.5 Å². The summed E-state index contributed by atoms with van der Waals surface area (Å²) in [6, 6.07) is 9.84. The van der Waals surface area contributed by atoms with E-state index in [9.17, 15) is 13.2 Å². The third-order valence-corrected chi connectivity index (χ3v) is 5.39. The van der Waals surface area contributed by atoms with Crippen molar-refractivity contribution < 1.29 is 27.4 Å². The average Bonchev–Trinajstić information content (AvgIpc) is 2.68. The topological polar surface area (TPSA) is 103 Å². The molecule has 0 spiro atoms. The van der Waals surface area contributed by atoms with Crippen LogP contribution in [-0.4, -0.2) is 41.2 Å². The van der Waals surface area contributed by atoms with Crippen LogP contribution in [0.5, 0.6) is 17.2 Å². The number of anilines is 1. The number of rotatable bonds is 9. The first-order valence-electron chi connectivity index (χ1n) is 8.58. The zero-order valence-corrected chi connectivity index (χ0v) is 17.0. The Balaban J connectivity index is 2.08. The van der Waals surface area contributed by atoms with Crippen LogP contribution in [0.3, 0.4) is 0 Å². The SMILES string of the molecule is CCOc1ccc(S(=O)(=O)N[C@@H](C)C(=O)Nc2ccc(OC)cc2OC)cc1. The van der Waals surface area contributed by atoms with Crippen LogP contribution >= 0.6 is 0 Å². The normalized spacial score (nSPS) is 12.1. The molecule has 2 rings (SSSR count). The van der Waals surface area contributed by atoms with Gasteiger partial charge in [0.15, 0.2) is 0 Å². The fourth-order valence-corrected chi connectivity index (χ4v) is 3.58. The Morgan fingerprint density at radius 2 is 1.68 bits per heavy atom. The number of carbonyl (C=O) groups excluding carboxylic acids is 1. The third kappa shape index (κ3) is 5.37. The monoisotopic (exact) mass is 408 g/mol. The summed E-state index contributed by atoms with van der Waals surface area (Å²) in [6.07, 6.45) is 0. The number of hydrogen-bond donors (Lipinski definition) is 2. The van der Waals surface area contributed by atoms with Gasteiger partial charge in [-0.25, -0.2) is 8.42 Å². The van der Waals surface area contributed by atoms with E-state index in [1.165, 1.54) is 33.3 Å². The molecule has 0 unspecified atom stereocenters. The van der Waals surface area contributed by atoms with Crippen LogP contribution in [-0.2, 0) is 14.8 Å². The number of benzene rings is 2. The van der Waals surface area contributed by atoms with E-state index in [-0.39, 0.29) is 4.90 Å². The number of ether oxygens (including phenoxy) is 3. The minimum absolute atomic E-state index is 0.0395. The standard InChI is InChI=1S/C19H24N2O6S/c1-5-27-14-6-9-16(10-7-14)28(23,24)21-13(2)19(22)20-17-11-8-15(25-3)12-18(17)26-4/h6-13,21H,5H2,1-4H3,(H,20,22)/t13-/m0/s1. The largest absolute Gasteiger partial charge is 0.497 e. The molecule has 28 heavy (non-hydrogen) atoms. The molecular weight excluding hydrogens is 384 g/mol. The van der Waals surface area contributed by atoms with Crippen LogP contribution in [0.2, 0.25) is 0 Å². The highest BCUT2D eigenvalue weighted by molar-refractivity contribution is 7.89. The molecule has 0 saturated heterocycles. The van der Waals surface area contributed by atoms with E-state index in [2.05, 4.69) is 10.0 Å². The summed E-state index contributed by atoms with van der Waals surface area (Å²) < 4.78 is 43.0. The van der Waals surface area contributed by atoms with Crippen molar-refractivity contribution >= 4 is 21.6 Å². The van der Waals surface area contributed by atoms with Gasteiger partial charge in [0.25, 0.3) is 0 Å². The van der Waals surface area contributed by atoms with Crippen LogP contribution in [0.1, 0.15) is 13.8 Å². The molecule has 0 aromatic heterocycles. The van der Waals surface area contributed by atoms with Crippen molar-refractivity contribution in [3.05, 3.63) is 42.5 Å². The average molecular weight is 408 g/mol. The fraction of sp³-hybridized carbons (Fsp3) is 0.316. The summed E-state index contributed by atoms with van der Waals surface area (Å²) >= 11 is 0. The van der Waals surface area contributed by atoms with Crippen LogP contribution in [0, 0.1) is 0 Å². The Labute approximate surface area is 164 Å². The predicted octanol–water partition coefficient (Wildman–Crippen LogP) is 2.41. The lowest BCUT2D eigenvalue weighted by molar-refractivity contribution is -0.117. The van der Waals surface area contributed by atoms with E-state index >= 15 is 0 Å². The lowest BCUT2D eigenvalue weighted by Crippen LogP contribution is -2.41. The lowest BCUT2D eigenvalue weighted by atomic mass is 10.2. The van der Waals surface area contributed by atoms with Gasteiger partial charge in [-0.05, 0) is 50.2 Å². The Hall–Kier alpha value is -2.78. The number of hydrogen-bond acceptors (Lipinski definition) is 6. The molecule has 1 amide bonds. The van der Waals surface area contributed by atoms with Gasteiger partial charge in [-0.1, -0.05) is 0 Å². The maximum absolute atomic E-state index is 12.5. The molecule has 0 bridgehead atoms. The Morgan fingerprint density at radius 1 is 1.04 bits per heavy atom. The summed E-state index contributed by atoms with van der Waals surface area (Å²) in [5.41, 5.74) is 0.403. The smallest absolute Gasteiger partial charge is 0.242 e. The summed E-state index contributed by atoms with van der Waals surface area (Å²) in [4.78, 5) is 12.5. The first kappa shape index (κ1) is 21.5. The Kier molecular flexibility index (Phi) is 7.24. The second-order valence-electron chi connectivity index (χ2n) is 5.80. The highest BCUT2D eigenvalue weighted by atomic mass is 32.2. The molecule has 0 aliphatic carbocycles. The lowest BCUT2D eigenvalue weighted by Gasteiger charge is -2.16. The molecule has 0 fully saturated rings. The Morgan fingerprint density at radius 3 is 2.25 bits per heavy atom. The summed E-state index contributed by atoms with van der Waals surface area (Å²) in [5, 5.41) is 2.65. The molecule has 0 aliphatic rings. The molecule has 1 atom stereocenters. The molecule has 8 nitrogen and oxygen atoms in total. The van der Waals surface area contributed by atoms with Crippen LogP contribution in [0.4, 0.5) is 5.69 Å². The minimum Gasteiger partial charge on any atom is -0.497 e. The van der Waals surface area contributed by atoms with E-state index in [1.807, 2.05) is 6.92 Å². The number of nitrogens with one attached hydrogen (secondary N) is 2. The predicted molar refractivity (Wildman–Crippen MR) is 106 cm³/mol. The number of carbonyl (C=O) groups is 1. The molecule has 0 aliphatic heterocycles. The zero-order chi connectivity index (χ0) is 20.7. The second-order valence-corrected chi connectivity index (χ2v) is 7.52. The van der Waals surface area contributed by atoms with Crippen molar-refractivity contribution in [3.63, 3.8) is 0 Å². The fourth-order valence-electron chi connectivity index (χ4n) is 2.38. The first-order valence-corrected chi connectivity index (χ1v) is 10.1. The van der Waals surface area contributed by atoms with Crippen molar-refractivity contribution in [2.75, 3.05) is 26.1 Å². The van der Waals surface area contributed by atoms with Crippen LogP contribution < -0.4 is 24.2 Å². The van der Waals surface area contributed by atoms with Crippen molar-refractivity contribution in [2.45, 2.75) is 24.8 Å². The van der Waals surface area contributed by atoms with Crippen molar-refractivity contribution in [1.29, 1.82) is 0 Å². The van der Waals surface area contributed by atoms with Gasteiger partial charge in [0, 0.05) is 6.07 Å². The molecule has 2 aromatic carbocycles. The van der Waals surface area contributed by atoms with E-state index in [0.717, 1.165) is 0 Å². The van der Waals surface area contributed by atoms with Gasteiger partial charge < -0.3 is 19.5 Å². The molecular formula is C19H24N2O6S. The zero-order valence-electron chi connectivity index (χ0n) is 16.2. The number of methoxy groups -OCH3 is 2. The van der Waals surface area contributed by atoms with Gasteiger partial charge in [-0.15, -0.1) is 0 Å². The summed E-state index contributed by atoms with van der Waals surface area (Å²) in [7, 11) is -0.893. The number of amides is 1. The molecule has 152 valence electrons. The van der Waals surface area contributed by atoms with Crippen LogP contribution in [0.25, 0.3) is 0 Å². The van der Waals surface area contributed by atoms with E-state index < -0.39 is 22.0 Å².